The number of thiophene rings is 3. The molecule has 0 atom stereocenters. The van der Waals surface area contributed by atoms with E-state index in [9.17, 15) is 0 Å². The van der Waals surface area contributed by atoms with Crippen molar-refractivity contribution in [2.45, 2.75) is 38.5 Å². The van der Waals surface area contributed by atoms with Gasteiger partial charge in [-0.15, -0.1) is 34.0 Å². The van der Waals surface area contributed by atoms with Crippen LogP contribution in [0.4, 0.5) is 0 Å². The van der Waals surface area contributed by atoms with Crippen LogP contribution in [0.3, 0.4) is 0 Å². The van der Waals surface area contributed by atoms with Crippen LogP contribution in [-0.2, 0) is 10.8 Å². The highest BCUT2D eigenvalue weighted by Gasteiger charge is 2.35. The Kier molecular flexibility index (Phi) is 7.06. The van der Waals surface area contributed by atoms with Crippen molar-refractivity contribution >= 4 is 34.0 Å². The highest BCUT2D eigenvalue weighted by Crippen LogP contribution is 2.51. The van der Waals surface area contributed by atoms with Crippen LogP contribution in [-0.4, -0.2) is 14.2 Å². The van der Waals surface area contributed by atoms with E-state index >= 15 is 0 Å². The number of hydrogen-bond acceptors (Lipinski definition) is 5. The molecule has 5 rings (SSSR count). The summed E-state index contributed by atoms with van der Waals surface area (Å²) in [6.45, 7) is 9.21. The summed E-state index contributed by atoms with van der Waals surface area (Å²) in [6.07, 6.45) is 0. The van der Waals surface area contributed by atoms with E-state index in [1.807, 2.05) is 34.0 Å². The second-order valence-corrected chi connectivity index (χ2v) is 13.4. The van der Waals surface area contributed by atoms with Gasteiger partial charge in [0.15, 0.2) is 0 Å². The quantitative estimate of drug-likeness (QED) is 0.193. The molecule has 2 aromatic carbocycles. The van der Waals surface area contributed by atoms with Gasteiger partial charge in [-0.25, -0.2) is 0 Å². The van der Waals surface area contributed by atoms with Gasteiger partial charge in [-0.1, -0.05) is 60.7 Å². The smallest absolute Gasteiger partial charge is 0.134 e. The average molecular weight is 545 g/mol. The summed E-state index contributed by atoms with van der Waals surface area (Å²) in [4.78, 5) is 7.62. The van der Waals surface area contributed by atoms with Crippen LogP contribution in [0.2, 0.25) is 0 Å². The zero-order chi connectivity index (χ0) is 26.2. The summed E-state index contributed by atoms with van der Waals surface area (Å²) < 4.78 is 11.7. The van der Waals surface area contributed by atoms with Crippen LogP contribution in [0, 0.1) is 0 Å². The fraction of sp³-hybridized carbons (Fsp3) is 0.250. The van der Waals surface area contributed by atoms with Gasteiger partial charge < -0.3 is 9.47 Å². The lowest BCUT2D eigenvalue weighted by Crippen LogP contribution is -2.17. The Bertz CT molecular complexity index is 1380. The minimum absolute atomic E-state index is 0.184. The molecule has 3 aromatic heterocycles. The number of methoxy groups -OCH3 is 2. The van der Waals surface area contributed by atoms with Gasteiger partial charge in [0.25, 0.3) is 0 Å². The van der Waals surface area contributed by atoms with E-state index in [1.54, 1.807) is 14.2 Å². The third-order valence-corrected chi connectivity index (χ3v) is 11.6. The Hall–Kier alpha value is -2.86. The van der Waals surface area contributed by atoms with E-state index < -0.39 is 0 Å². The molecule has 0 aliphatic carbocycles. The Morgan fingerprint density at radius 3 is 1.24 bits per heavy atom. The molecule has 0 fully saturated rings. The third-order valence-electron chi connectivity index (χ3n) is 6.93. The van der Waals surface area contributed by atoms with Gasteiger partial charge in [-0.2, -0.15) is 0 Å². The predicted octanol–water partition coefficient (Wildman–Crippen LogP) is 9.87. The molecule has 2 nitrogen and oxygen atoms in total. The molecule has 0 saturated carbocycles. The molecule has 5 aromatic rings. The summed E-state index contributed by atoms with van der Waals surface area (Å²) in [5.41, 5.74) is 2.08. The fourth-order valence-electron chi connectivity index (χ4n) is 4.65. The summed E-state index contributed by atoms with van der Waals surface area (Å²) in [6, 6.07) is 30.0. The molecule has 0 spiro atoms. The maximum Gasteiger partial charge on any atom is 0.134 e. The van der Waals surface area contributed by atoms with Crippen LogP contribution in [0.1, 0.15) is 47.2 Å². The highest BCUT2D eigenvalue weighted by atomic mass is 32.1. The van der Waals surface area contributed by atoms with Gasteiger partial charge in [0, 0.05) is 30.3 Å². The molecule has 0 bridgehead atoms. The molecular formula is C32H32O2S3. The molecule has 0 radical (unpaired) electrons. The lowest BCUT2D eigenvalue weighted by Gasteiger charge is -2.25. The van der Waals surface area contributed by atoms with Crippen LogP contribution >= 0.6 is 34.0 Å². The topological polar surface area (TPSA) is 18.5 Å². The fourth-order valence-corrected chi connectivity index (χ4v) is 8.49. The molecular weight excluding hydrogens is 513 g/mol. The normalized spacial score (nSPS) is 12.1. The van der Waals surface area contributed by atoms with Gasteiger partial charge >= 0.3 is 0 Å². The zero-order valence-corrected chi connectivity index (χ0v) is 24.6. The number of ether oxygens (including phenoxy) is 2. The minimum atomic E-state index is -0.184. The molecule has 37 heavy (non-hydrogen) atoms. The summed E-state index contributed by atoms with van der Waals surface area (Å²) in [5.74, 6) is 1.91. The molecule has 3 heterocycles. The van der Waals surface area contributed by atoms with Crippen molar-refractivity contribution in [2.24, 2.45) is 0 Å². The summed E-state index contributed by atoms with van der Waals surface area (Å²) in [7, 11) is 3.54. The van der Waals surface area contributed by atoms with E-state index in [0.29, 0.717) is 0 Å². The molecule has 0 amide bonds. The van der Waals surface area contributed by atoms with Gasteiger partial charge in [-0.3, -0.25) is 0 Å². The first-order chi connectivity index (χ1) is 17.8. The van der Waals surface area contributed by atoms with E-state index in [0.717, 1.165) is 11.5 Å². The van der Waals surface area contributed by atoms with E-state index in [4.69, 9.17) is 9.47 Å². The van der Waals surface area contributed by atoms with Gasteiger partial charge in [0.05, 0.1) is 24.0 Å². The van der Waals surface area contributed by atoms with Crippen LogP contribution in [0.25, 0.3) is 20.9 Å². The van der Waals surface area contributed by atoms with Crippen molar-refractivity contribution in [3.63, 3.8) is 0 Å². The van der Waals surface area contributed by atoms with Crippen LogP contribution in [0.15, 0.2) is 84.9 Å². The zero-order valence-electron chi connectivity index (χ0n) is 22.1. The lowest BCUT2D eigenvalue weighted by molar-refractivity contribution is 0.405. The second-order valence-electron chi connectivity index (χ2n) is 10.2. The van der Waals surface area contributed by atoms with Crippen molar-refractivity contribution in [3.05, 3.63) is 104 Å². The number of benzene rings is 2. The summed E-state index contributed by atoms with van der Waals surface area (Å²) in [5, 5.41) is 0. The minimum Gasteiger partial charge on any atom is -0.496 e. The van der Waals surface area contributed by atoms with Crippen LogP contribution in [0.5, 0.6) is 11.5 Å². The van der Waals surface area contributed by atoms with Crippen molar-refractivity contribution in [3.8, 4) is 32.4 Å². The lowest BCUT2D eigenvalue weighted by atomic mass is 9.87. The van der Waals surface area contributed by atoms with E-state index in [-0.39, 0.29) is 10.8 Å². The maximum atomic E-state index is 5.87. The summed E-state index contributed by atoms with van der Waals surface area (Å²) >= 11 is 5.53. The Morgan fingerprint density at radius 2 is 0.892 bits per heavy atom. The standard InChI is InChI=1S/C32H32O2S3/c1-31(2,29-23(33-5)19-25(35-29)21-13-9-7-10-14-21)27-17-18-28(37-27)32(3,4)30-24(34-6)20-26(36-30)22-15-11-8-12-16-22/h7-20H,1-6H3. The molecule has 5 heteroatoms. The first kappa shape index (κ1) is 25.8. The van der Waals surface area contributed by atoms with Crippen molar-refractivity contribution in [1.82, 2.24) is 0 Å². The van der Waals surface area contributed by atoms with E-state index in [1.165, 1.54) is 40.4 Å². The molecule has 190 valence electrons. The molecule has 0 aliphatic rings. The van der Waals surface area contributed by atoms with Crippen LogP contribution < -0.4 is 9.47 Å². The first-order valence-corrected chi connectivity index (χ1v) is 14.8. The molecule has 0 unspecified atom stereocenters. The Labute approximate surface area is 232 Å². The Balaban J connectivity index is 1.51. The van der Waals surface area contributed by atoms with Gasteiger partial charge in [-0.05, 0) is 63.1 Å². The number of rotatable bonds is 8. The SMILES string of the molecule is COc1cc(-c2ccccc2)sc1C(C)(C)c1ccc(C(C)(C)c2sc(-c3ccccc3)cc2OC)s1. The maximum absolute atomic E-state index is 5.87. The second kappa shape index (κ2) is 10.1. The average Bonchev–Trinajstić information content (AvgIpc) is 3.68. The molecule has 0 saturated heterocycles. The van der Waals surface area contributed by atoms with Crippen molar-refractivity contribution < 1.29 is 9.47 Å². The monoisotopic (exact) mass is 544 g/mol. The van der Waals surface area contributed by atoms with Gasteiger partial charge in [0.2, 0.25) is 0 Å². The number of hydrogen-bond donors (Lipinski definition) is 0. The first-order valence-electron chi connectivity index (χ1n) is 12.3. The van der Waals surface area contributed by atoms with E-state index in [2.05, 4.69) is 113 Å². The predicted molar refractivity (Wildman–Crippen MR) is 161 cm³/mol. The van der Waals surface area contributed by atoms with Gasteiger partial charge in [0.1, 0.15) is 11.5 Å². The largest absolute Gasteiger partial charge is 0.496 e. The van der Waals surface area contributed by atoms with Crippen molar-refractivity contribution in [1.29, 1.82) is 0 Å². The van der Waals surface area contributed by atoms with Crippen molar-refractivity contribution in [2.75, 3.05) is 14.2 Å². The third kappa shape index (κ3) is 4.76. The molecule has 0 aliphatic heterocycles. The highest BCUT2D eigenvalue weighted by molar-refractivity contribution is 7.17. The Morgan fingerprint density at radius 1 is 0.514 bits per heavy atom. The molecule has 0 N–H and O–H groups in total.